The molecule has 3 aromatic heterocycles. The van der Waals surface area contributed by atoms with Crippen molar-refractivity contribution >= 4 is 44.4 Å². The molecule has 0 spiro atoms. The van der Waals surface area contributed by atoms with Crippen molar-refractivity contribution < 1.29 is 0 Å². The number of nitrogens with zero attached hydrogens (tertiary/aromatic N) is 5. The fourth-order valence-corrected chi connectivity index (χ4v) is 3.92. The van der Waals surface area contributed by atoms with Crippen LogP contribution >= 0.6 is 15.9 Å². The van der Waals surface area contributed by atoms with E-state index >= 15 is 0 Å². The lowest BCUT2D eigenvalue weighted by molar-refractivity contribution is 0.514. The second-order valence-corrected chi connectivity index (χ2v) is 7.85. The third kappa shape index (κ3) is 3.53. The molecule has 1 aliphatic rings. The third-order valence-corrected chi connectivity index (χ3v) is 5.49. The lowest BCUT2D eigenvalue weighted by Gasteiger charge is -2.17. The molecule has 0 aliphatic heterocycles. The lowest BCUT2D eigenvalue weighted by atomic mass is 10.2. The van der Waals surface area contributed by atoms with Crippen LogP contribution in [0.2, 0.25) is 0 Å². The van der Waals surface area contributed by atoms with E-state index in [9.17, 15) is 4.79 Å². The highest BCUT2D eigenvalue weighted by Crippen LogP contribution is 2.31. The fraction of sp³-hybridized carbons (Fsp3) is 0.368. The van der Waals surface area contributed by atoms with Crippen LogP contribution in [0, 0.1) is 0 Å². The highest BCUT2D eigenvalue weighted by molar-refractivity contribution is 9.10. The molecule has 0 unspecified atom stereocenters. The molecule has 0 bridgehead atoms. The van der Waals surface area contributed by atoms with Crippen LogP contribution in [0.25, 0.3) is 11.0 Å². The van der Waals surface area contributed by atoms with Gasteiger partial charge in [-0.25, -0.2) is 9.97 Å². The van der Waals surface area contributed by atoms with Crippen LogP contribution in [0.3, 0.4) is 0 Å². The van der Waals surface area contributed by atoms with Gasteiger partial charge >= 0.3 is 0 Å². The highest BCUT2D eigenvalue weighted by Gasteiger charge is 2.22. The van der Waals surface area contributed by atoms with Gasteiger partial charge in [0.25, 0.3) is 5.56 Å². The maximum atomic E-state index is 12.8. The predicted molar refractivity (Wildman–Crippen MR) is 111 cm³/mol. The summed E-state index contributed by atoms with van der Waals surface area (Å²) in [4.78, 5) is 28.2. The fourth-order valence-electron chi connectivity index (χ4n) is 3.49. The molecule has 3 heterocycles. The number of nitrogens with one attached hydrogen (secondary N) is 1. The summed E-state index contributed by atoms with van der Waals surface area (Å²) in [5.41, 5.74) is 1.64. The van der Waals surface area contributed by atoms with Gasteiger partial charge < -0.3 is 10.2 Å². The van der Waals surface area contributed by atoms with Crippen LogP contribution in [0.1, 0.15) is 31.7 Å². The van der Waals surface area contributed by atoms with Gasteiger partial charge in [-0.1, -0.05) is 12.8 Å². The summed E-state index contributed by atoms with van der Waals surface area (Å²) in [6.45, 7) is 0. The first-order chi connectivity index (χ1) is 13.0. The Balaban J connectivity index is 1.73. The average Bonchev–Trinajstić information content (AvgIpc) is 3.18. The summed E-state index contributed by atoms with van der Waals surface area (Å²) in [5.74, 6) is 1.09. The molecule has 1 fully saturated rings. The summed E-state index contributed by atoms with van der Waals surface area (Å²) >= 11 is 3.39. The zero-order valence-corrected chi connectivity index (χ0v) is 16.9. The van der Waals surface area contributed by atoms with Crippen LogP contribution in [0.5, 0.6) is 0 Å². The van der Waals surface area contributed by atoms with Gasteiger partial charge in [0.15, 0.2) is 0 Å². The van der Waals surface area contributed by atoms with Crippen LogP contribution in [0.15, 0.2) is 39.9 Å². The Labute approximate surface area is 165 Å². The summed E-state index contributed by atoms with van der Waals surface area (Å²) in [6.07, 6.45) is 7.83. The first kappa shape index (κ1) is 17.9. The molecule has 0 aromatic carbocycles. The van der Waals surface area contributed by atoms with E-state index in [-0.39, 0.29) is 11.6 Å². The Hall–Kier alpha value is -2.48. The van der Waals surface area contributed by atoms with Crippen molar-refractivity contribution in [3.63, 3.8) is 0 Å². The zero-order valence-electron chi connectivity index (χ0n) is 15.3. The van der Waals surface area contributed by atoms with E-state index in [1.807, 2.05) is 35.7 Å². The standard InChI is InChI=1S/C19H21BrN6O/c1-25(2)14-7-8-16(21-11-14)23-19-22-10-12-9-15(20)18(27)26(17(12)24-19)13-5-3-4-6-13/h7-11,13H,3-6H2,1-2H3,(H,21,22,23,24). The van der Waals surface area contributed by atoms with Gasteiger partial charge in [0.05, 0.1) is 16.4 Å². The predicted octanol–water partition coefficient (Wildman–Crippen LogP) is 3.87. The van der Waals surface area contributed by atoms with Crippen molar-refractivity contribution in [3.05, 3.63) is 45.4 Å². The van der Waals surface area contributed by atoms with E-state index in [1.54, 1.807) is 18.5 Å². The van der Waals surface area contributed by atoms with Gasteiger partial charge in [-0.3, -0.25) is 9.36 Å². The zero-order chi connectivity index (χ0) is 19.0. The smallest absolute Gasteiger partial charge is 0.266 e. The second-order valence-electron chi connectivity index (χ2n) is 7.00. The van der Waals surface area contributed by atoms with Crippen molar-refractivity contribution in [3.8, 4) is 0 Å². The quantitative estimate of drug-likeness (QED) is 0.679. The molecular formula is C19H21BrN6O. The molecule has 0 saturated heterocycles. The molecule has 7 nitrogen and oxygen atoms in total. The van der Waals surface area contributed by atoms with Gasteiger partial charge in [-0.2, -0.15) is 4.98 Å². The molecule has 0 radical (unpaired) electrons. The maximum absolute atomic E-state index is 12.8. The van der Waals surface area contributed by atoms with Gasteiger partial charge in [0, 0.05) is 31.7 Å². The van der Waals surface area contributed by atoms with Crippen LogP contribution in [-0.2, 0) is 0 Å². The number of pyridine rings is 2. The molecule has 4 rings (SSSR count). The molecule has 1 N–H and O–H groups in total. The Morgan fingerprint density at radius 2 is 1.96 bits per heavy atom. The molecule has 1 aliphatic carbocycles. The first-order valence-electron chi connectivity index (χ1n) is 9.01. The third-order valence-electron chi connectivity index (χ3n) is 4.92. The number of aromatic nitrogens is 4. The lowest BCUT2D eigenvalue weighted by Crippen LogP contribution is -2.25. The monoisotopic (exact) mass is 428 g/mol. The van der Waals surface area contributed by atoms with E-state index in [0.717, 1.165) is 36.8 Å². The SMILES string of the molecule is CN(C)c1ccc(Nc2ncc3cc(Br)c(=O)n(C4CCCC4)c3n2)nc1. The van der Waals surface area contributed by atoms with Crippen LogP contribution in [0.4, 0.5) is 17.5 Å². The number of halogens is 1. The normalized spacial score (nSPS) is 14.6. The topological polar surface area (TPSA) is 75.9 Å². The number of anilines is 3. The molecule has 0 amide bonds. The summed E-state index contributed by atoms with van der Waals surface area (Å²) in [6, 6.07) is 5.84. The number of hydrogen-bond donors (Lipinski definition) is 1. The Bertz CT molecular complexity index is 1020. The average molecular weight is 429 g/mol. The van der Waals surface area contributed by atoms with Crippen molar-refractivity contribution in [1.29, 1.82) is 0 Å². The molecule has 3 aromatic rings. The second kappa shape index (κ2) is 7.26. The van der Waals surface area contributed by atoms with Gasteiger partial charge in [0.1, 0.15) is 11.5 Å². The van der Waals surface area contributed by atoms with Crippen molar-refractivity contribution in [2.24, 2.45) is 0 Å². The van der Waals surface area contributed by atoms with E-state index in [0.29, 0.717) is 21.9 Å². The minimum absolute atomic E-state index is 0.0347. The Morgan fingerprint density at radius 3 is 2.63 bits per heavy atom. The van der Waals surface area contributed by atoms with Gasteiger partial charge in [0.2, 0.25) is 5.95 Å². The van der Waals surface area contributed by atoms with Crippen molar-refractivity contribution in [2.45, 2.75) is 31.7 Å². The van der Waals surface area contributed by atoms with Gasteiger partial charge in [-0.05, 0) is 47.0 Å². The van der Waals surface area contributed by atoms with E-state index < -0.39 is 0 Å². The van der Waals surface area contributed by atoms with E-state index in [1.165, 1.54) is 0 Å². The van der Waals surface area contributed by atoms with Crippen molar-refractivity contribution in [1.82, 2.24) is 19.5 Å². The summed E-state index contributed by atoms with van der Waals surface area (Å²) < 4.78 is 2.37. The first-order valence-corrected chi connectivity index (χ1v) is 9.80. The molecule has 140 valence electrons. The summed E-state index contributed by atoms with van der Waals surface area (Å²) in [5, 5.41) is 3.98. The number of hydrogen-bond acceptors (Lipinski definition) is 6. The van der Waals surface area contributed by atoms with Crippen LogP contribution in [-0.4, -0.2) is 33.6 Å². The van der Waals surface area contributed by atoms with Crippen LogP contribution < -0.4 is 15.8 Å². The Morgan fingerprint density at radius 1 is 1.19 bits per heavy atom. The van der Waals surface area contributed by atoms with Crippen molar-refractivity contribution in [2.75, 3.05) is 24.3 Å². The minimum Gasteiger partial charge on any atom is -0.376 e. The molecule has 1 saturated carbocycles. The molecule has 8 heteroatoms. The maximum Gasteiger partial charge on any atom is 0.266 e. The Kier molecular flexibility index (Phi) is 4.82. The minimum atomic E-state index is -0.0347. The van der Waals surface area contributed by atoms with E-state index in [2.05, 4.69) is 36.2 Å². The largest absolute Gasteiger partial charge is 0.376 e. The number of rotatable bonds is 4. The van der Waals surface area contributed by atoms with Gasteiger partial charge in [-0.15, -0.1) is 0 Å². The highest BCUT2D eigenvalue weighted by atomic mass is 79.9. The molecule has 0 atom stereocenters. The molecule has 27 heavy (non-hydrogen) atoms. The molecular weight excluding hydrogens is 408 g/mol. The number of fused-ring (bicyclic) bond motifs is 1. The van der Waals surface area contributed by atoms with E-state index in [4.69, 9.17) is 0 Å². The summed E-state index contributed by atoms with van der Waals surface area (Å²) in [7, 11) is 3.94.